The number of aromatic nitrogens is 2. The van der Waals surface area contributed by atoms with E-state index < -0.39 is 0 Å². The van der Waals surface area contributed by atoms with Crippen LogP contribution in [0.1, 0.15) is 22.3 Å². The van der Waals surface area contributed by atoms with Gasteiger partial charge in [0.15, 0.2) is 0 Å². The van der Waals surface area contributed by atoms with Gasteiger partial charge in [0.25, 0.3) is 0 Å². The molecule has 0 aliphatic heterocycles. The number of pyridine rings is 2. The van der Waals surface area contributed by atoms with Gasteiger partial charge in [-0.2, -0.15) is 0 Å². The van der Waals surface area contributed by atoms with E-state index in [4.69, 9.17) is 19.4 Å². The summed E-state index contributed by atoms with van der Waals surface area (Å²) in [5, 5.41) is 0. The summed E-state index contributed by atoms with van der Waals surface area (Å²) in [6.45, 7) is 8.36. The minimum atomic E-state index is 0.850. The Balaban J connectivity index is 1.78. The van der Waals surface area contributed by atoms with Crippen molar-refractivity contribution in [2.75, 3.05) is 14.2 Å². The molecule has 0 saturated carbocycles. The number of rotatable bonds is 5. The van der Waals surface area contributed by atoms with E-state index in [1.54, 1.807) is 14.2 Å². The van der Waals surface area contributed by atoms with Crippen LogP contribution >= 0.6 is 0 Å². The van der Waals surface area contributed by atoms with Gasteiger partial charge in [0.2, 0.25) is 0 Å². The van der Waals surface area contributed by atoms with Crippen LogP contribution in [0.25, 0.3) is 33.9 Å². The van der Waals surface area contributed by atoms with Gasteiger partial charge < -0.3 is 9.47 Å². The van der Waals surface area contributed by atoms with Crippen molar-refractivity contribution in [2.45, 2.75) is 27.7 Å². The van der Waals surface area contributed by atoms with Gasteiger partial charge >= 0.3 is 0 Å². The van der Waals surface area contributed by atoms with Crippen molar-refractivity contribution in [3.8, 4) is 45.4 Å². The molecule has 0 amide bonds. The third-order valence-electron chi connectivity index (χ3n) is 5.76. The van der Waals surface area contributed by atoms with Crippen molar-refractivity contribution in [1.29, 1.82) is 0 Å². The summed E-state index contributed by atoms with van der Waals surface area (Å²) in [6, 6.07) is 20.4. The number of methoxy groups -OCH3 is 2. The molecule has 4 rings (SSSR count). The van der Waals surface area contributed by atoms with E-state index in [9.17, 15) is 0 Å². The summed E-state index contributed by atoms with van der Waals surface area (Å²) in [5.74, 6) is 1.72. The normalized spacial score (nSPS) is 10.8. The average Bonchev–Trinajstić information content (AvgIpc) is 2.78. The fourth-order valence-electron chi connectivity index (χ4n) is 4.32. The maximum atomic E-state index is 5.41. The van der Waals surface area contributed by atoms with Crippen LogP contribution in [0.4, 0.5) is 0 Å². The SMILES string of the molecule is COc1cc(C)c(-c2cccc(-c3cccc(-c4c(C)cc(OC)cc4C)n3)n2)c(C)c1. The van der Waals surface area contributed by atoms with Gasteiger partial charge in [-0.15, -0.1) is 0 Å². The largest absolute Gasteiger partial charge is 0.497 e. The van der Waals surface area contributed by atoms with E-state index in [-0.39, 0.29) is 0 Å². The molecule has 2 heterocycles. The fourth-order valence-corrected chi connectivity index (χ4v) is 4.32. The van der Waals surface area contributed by atoms with Crippen LogP contribution in [0.5, 0.6) is 11.5 Å². The summed E-state index contributed by atoms with van der Waals surface area (Å²) >= 11 is 0. The van der Waals surface area contributed by atoms with Gasteiger partial charge in [0.1, 0.15) is 11.5 Å². The van der Waals surface area contributed by atoms with Crippen molar-refractivity contribution >= 4 is 0 Å². The minimum absolute atomic E-state index is 0.850. The number of aryl methyl sites for hydroxylation is 4. The molecular weight excluding hydrogens is 396 g/mol. The molecule has 0 radical (unpaired) electrons. The van der Waals surface area contributed by atoms with Crippen LogP contribution in [0.15, 0.2) is 60.7 Å². The Bertz CT molecular complexity index is 1150. The second-order valence-corrected chi connectivity index (χ2v) is 8.09. The molecule has 2 aromatic carbocycles. The second kappa shape index (κ2) is 8.83. The van der Waals surface area contributed by atoms with Crippen LogP contribution in [0.2, 0.25) is 0 Å². The number of benzene rings is 2. The Kier molecular flexibility index (Phi) is 5.95. The molecule has 0 saturated heterocycles. The van der Waals surface area contributed by atoms with Crippen molar-refractivity contribution in [3.63, 3.8) is 0 Å². The van der Waals surface area contributed by atoms with Gasteiger partial charge in [-0.3, -0.25) is 0 Å². The molecule has 4 aromatic rings. The lowest BCUT2D eigenvalue weighted by atomic mass is 9.98. The van der Waals surface area contributed by atoms with Crippen LogP contribution in [-0.4, -0.2) is 24.2 Å². The molecule has 0 N–H and O–H groups in total. The molecule has 0 bridgehead atoms. The third-order valence-corrected chi connectivity index (χ3v) is 5.76. The average molecular weight is 425 g/mol. The predicted molar refractivity (Wildman–Crippen MR) is 130 cm³/mol. The summed E-state index contributed by atoms with van der Waals surface area (Å²) in [6.07, 6.45) is 0. The first-order valence-electron chi connectivity index (χ1n) is 10.7. The van der Waals surface area contributed by atoms with E-state index >= 15 is 0 Å². The van der Waals surface area contributed by atoms with Gasteiger partial charge in [0.05, 0.1) is 37.0 Å². The Morgan fingerprint density at radius 3 is 1.12 bits per heavy atom. The summed E-state index contributed by atoms with van der Waals surface area (Å²) in [7, 11) is 3.38. The number of hydrogen-bond donors (Lipinski definition) is 0. The number of ether oxygens (including phenoxy) is 2. The number of nitrogens with zero attached hydrogens (tertiary/aromatic N) is 2. The lowest BCUT2D eigenvalue weighted by Crippen LogP contribution is -1.97. The third kappa shape index (κ3) is 4.09. The highest BCUT2D eigenvalue weighted by Gasteiger charge is 2.13. The van der Waals surface area contributed by atoms with Gasteiger partial charge in [0, 0.05) is 11.1 Å². The van der Waals surface area contributed by atoms with Crippen molar-refractivity contribution in [2.24, 2.45) is 0 Å². The summed E-state index contributed by atoms with van der Waals surface area (Å²) in [4.78, 5) is 9.95. The Morgan fingerprint density at radius 2 is 0.812 bits per heavy atom. The summed E-state index contributed by atoms with van der Waals surface area (Å²) in [5.41, 5.74) is 10.4. The molecular formula is C28H28N2O2. The lowest BCUT2D eigenvalue weighted by molar-refractivity contribution is 0.414. The van der Waals surface area contributed by atoms with E-state index in [2.05, 4.69) is 27.7 Å². The zero-order valence-electron chi connectivity index (χ0n) is 19.5. The Morgan fingerprint density at radius 1 is 0.500 bits per heavy atom. The predicted octanol–water partition coefficient (Wildman–Crippen LogP) is 6.73. The molecule has 0 unspecified atom stereocenters. The first-order chi connectivity index (χ1) is 15.4. The van der Waals surface area contributed by atoms with Crippen LogP contribution in [-0.2, 0) is 0 Å². The molecule has 162 valence electrons. The first-order valence-corrected chi connectivity index (χ1v) is 10.7. The molecule has 32 heavy (non-hydrogen) atoms. The van der Waals surface area contributed by atoms with E-state index in [1.807, 2.05) is 60.7 Å². The molecule has 0 atom stereocenters. The van der Waals surface area contributed by atoms with E-state index in [0.29, 0.717) is 0 Å². The smallest absolute Gasteiger partial charge is 0.119 e. The maximum Gasteiger partial charge on any atom is 0.119 e. The van der Waals surface area contributed by atoms with Gasteiger partial charge in [-0.25, -0.2) is 9.97 Å². The van der Waals surface area contributed by atoms with Gasteiger partial charge in [-0.05, 0) is 98.5 Å². The van der Waals surface area contributed by atoms with Gasteiger partial charge in [-0.1, -0.05) is 12.1 Å². The molecule has 4 nitrogen and oxygen atoms in total. The zero-order valence-corrected chi connectivity index (χ0v) is 19.5. The van der Waals surface area contributed by atoms with E-state index in [1.165, 1.54) is 0 Å². The molecule has 0 fully saturated rings. The molecule has 2 aromatic heterocycles. The fraction of sp³-hybridized carbons (Fsp3) is 0.214. The van der Waals surface area contributed by atoms with E-state index in [0.717, 1.165) is 67.7 Å². The lowest BCUT2D eigenvalue weighted by Gasteiger charge is -2.14. The maximum absolute atomic E-state index is 5.41. The van der Waals surface area contributed by atoms with Crippen LogP contribution in [0.3, 0.4) is 0 Å². The molecule has 4 heteroatoms. The van der Waals surface area contributed by atoms with Crippen molar-refractivity contribution in [1.82, 2.24) is 9.97 Å². The topological polar surface area (TPSA) is 44.2 Å². The first kappa shape index (κ1) is 21.6. The highest BCUT2D eigenvalue weighted by atomic mass is 16.5. The zero-order chi connectivity index (χ0) is 22.8. The molecule has 0 aliphatic rings. The molecule has 0 spiro atoms. The quantitative estimate of drug-likeness (QED) is 0.356. The highest BCUT2D eigenvalue weighted by Crippen LogP contribution is 2.33. The van der Waals surface area contributed by atoms with Crippen molar-refractivity contribution in [3.05, 3.63) is 82.9 Å². The van der Waals surface area contributed by atoms with Crippen LogP contribution < -0.4 is 9.47 Å². The van der Waals surface area contributed by atoms with Crippen molar-refractivity contribution < 1.29 is 9.47 Å². The monoisotopic (exact) mass is 424 g/mol. The standard InChI is InChI=1S/C28H28N2O2/c1-17-13-21(31-5)14-18(2)27(17)25-11-7-9-23(29-25)24-10-8-12-26(30-24)28-19(3)15-22(32-6)16-20(28)4/h7-16H,1-6H3. The summed E-state index contributed by atoms with van der Waals surface area (Å²) < 4.78 is 10.8. The number of hydrogen-bond acceptors (Lipinski definition) is 4. The van der Waals surface area contributed by atoms with Crippen LogP contribution in [0, 0.1) is 27.7 Å². The Hall–Kier alpha value is -3.66. The second-order valence-electron chi connectivity index (χ2n) is 8.09. The minimum Gasteiger partial charge on any atom is -0.497 e. The molecule has 0 aliphatic carbocycles. The Labute approximate surface area is 189 Å². The highest BCUT2D eigenvalue weighted by molar-refractivity contribution is 5.73.